The van der Waals surface area contributed by atoms with E-state index in [-0.39, 0.29) is 5.56 Å². The highest BCUT2D eigenvalue weighted by Crippen LogP contribution is 2.16. The van der Waals surface area contributed by atoms with Gasteiger partial charge in [0.1, 0.15) is 5.82 Å². The Morgan fingerprint density at radius 2 is 2.00 bits per heavy atom. The first-order valence-electron chi connectivity index (χ1n) is 4.99. The quantitative estimate of drug-likeness (QED) is 0.873. The highest BCUT2D eigenvalue weighted by atomic mass is 32.2. The SMILES string of the molecule is CC(CC(=O)O)S(=O)(=O)Cc1ccccc1F. The monoisotopic (exact) mass is 260 g/mol. The van der Waals surface area contributed by atoms with Crippen LogP contribution in [0.3, 0.4) is 0 Å². The number of carboxylic acids is 1. The molecule has 0 bridgehead atoms. The molecule has 0 fully saturated rings. The Bertz CT molecular complexity index is 510. The molecule has 0 aliphatic rings. The third kappa shape index (κ3) is 3.81. The fourth-order valence-electron chi connectivity index (χ4n) is 1.35. The van der Waals surface area contributed by atoms with E-state index in [4.69, 9.17) is 5.11 Å². The largest absolute Gasteiger partial charge is 0.481 e. The predicted molar refractivity (Wildman–Crippen MR) is 60.7 cm³/mol. The summed E-state index contributed by atoms with van der Waals surface area (Å²) >= 11 is 0. The number of sulfone groups is 1. The Morgan fingerprint density at radius 1 is 1.41 bits per heavy atom. The lowest BCUT2D eigenvalue weighted by molar-refractivity contribution is -0.136. The van der Waals surface area contributed by atoms with Gasteiger partial charge in [-0.2, -0.15) is 0 Å². The van der Waals surface area contributed by atoms with E-state index in [1.165, 1.54) is 31.2 Å². The summed E-state index contributed by atoms with van der Waals surface area (Å²) in [6, 6.07) is 5.55. The van der Waals surface area contributed by atoms with Crippen molar-refractivity contribution in [2.75, 3.05) is 0 Å². The number of rotatable bonds is 5. The Kier molecular flexibility index (Phi) is 4.22. The van der Waals surface area contributed by atoms with Crippen LogP contribution in [0.4, 0.5) is 4.39 Å². The maximum Gasteiger partial charge on any atom is 0.304 e. The summed E-state index contributed by atoms with van der Waals surface area (Å²) in [5.74, 6) is -2.26. The van der Waals surface area contributed by atoms with Crippen molar-refractivity contribution in [2.24, 2.45) is 0 Å². The van der Waals surface area contributed by atoms with Gasteiger partial charge in [0, 0.05) is 5.56 Å². The van der Waals surface area contributed by atoms with Crippen LogP contribution < -0.4 is 0 Å². The molecule has 1 atom stereocenters. The molecule has 0 aliphatic heterocycles. The Labute approximate surface area is 99.0 Å². The lowest BCUT2D eigenvalue weighted by atomic mass is 10.2. The van der Waals surface area contributed by atoms with Gasteiger partial charge in [-0.3, -0.25) is 4.79 Å². The summed E-state index contributed by atoms with van der Waals surface area (Å²) in [7, 11) is -3.65. The van der Waals surface area contributed by atoms with Gasteiger partial charge in [0.15, 0.2) is 9.84 Å². The fraction of sp³-hybridized carbons (Fsp3) is 0.364. The Balaban J connectivity index is 2.87. The molecule has 0 spiro atoms. The van der Waals surface area contributed by atoms with Crippen LogP contribution in [0.5, 0.6) is 0 Å². The number of aliphatic carboxylic acids is 1. The summed E-state index contributed by atoms with van der Waals surface area (Å²) in [4.78, 5) is 10.4. The zero-order valence-corrected chi connectivity index (χ0v) is 10.1. The molecule has 1 rings (SSSR count). The second-order valence-electron chi connectivity index (χ2n) is 3.81. The molecular weight excluding hydrogens is 247 g/mol. The van der Waals surface area contributed by atoms with Crippen LogP contribution in [0, 0.1) is 5.82 Å². The van der Waals surface area contributed by atoms with E-state index in [9.17, 15) is 17.6 Å². The molecule has 0 amide bonds. The third-order valence-electron chi connectivity index (χ3n) is 2.39. The summed E-state index contributed by atoms with van der Waals surface area (Å²) in [6.45, 7) is 1.31. The molecule has 0 radical (unpaired) electrons. The van der Waals surface area contributed by atoms with E-state index < -0.39 is 39.0 Å². The molecule has 0 saturated heterocycles. The molecule has 6 heteroatoms. The second kappa shape index (κ2) is 5.27. The first-order valence-corrected chi connectivity index (χ1v) is 6.71. The van der Waals surface area contributed by atoms with Crippen LogP contribution in [-0.2, 0) is 20.4 Å². The van der Waals surface area contributed by atoms with Gasteiger partial charge < -0.3 is 5.11 Å². The van der Waals surface area contributed by atoms with Crippen molar-refractivity contribution in [1.82, 2.24) is 0 Å². The first kappa shape index (κ1) is 13.6. The van der Waals surface area contributed by atoms with Gasteiger partial charge in [-0.15, -0.1) is 0 Å². The molecular formula is C11H13FO4S. The molecule has 1 aromatic carbocycles. The average Bonchev–Trinajstić information content (AvgIpc) is 2.20. The van der Waals surface area contributed by atoms with Gasteiger partial charge in [-0.1, -0.05) is 18.2 Å². The van der Waals surface area contributed by atoms with E-state index in [0.29, 0.717) is 0 Å². The van der Waals surface area contributed by atoms with Gasteiger partial charge in [0.05, 0.1) is 17.4 Å². The zero-order valence-electron chi connectivity index (χ0n) is 9.26. The molecule has 1 aromatic rings. The van der Waals surface area contributed by atoms with Crippen LogP contribution in [0.15, 0.2) is 24.3 Å². The standard InChI is InChI=1S/C11H13FO4S/c1-8(6-11(13)14)17(15,16)7-9-4-2-3-5-10(9)12/h2-5,8H,6-7H2,1H3,(H,13,14). The maximum atomic E-state index is 13.3. The molecule has 1 unspecified atom stereocenters. The number of carboxylic acid groups (broad SMARTS) is 1. The molecule has 0 heterocycles. The van der Waals surface area contributed by atoms with E-state index in [0.717, 1.165) is 0 Å². The molecule has 0 saturated carbocycles. The van der Waals surface area contributed by atoms with Gasteiger partial charge in [0.25, 0.3) is 0 Å². The molecule has 0 aliphatic carbocycles. The number of hydrogen-bond acceptors (Lipinski definition) is 3. The van der Waals surface area contributed by atoms with Crippen LogP contribution in [0.25, 0.3) is 0 Å². The van der Waals surface area contributed by atoms with Gasteiger partial charge in [-0.05, 0) is 13.0 Å². The number of hydrogen-bond donors (Lipinski definition) is 1. The third-order valence-corrected chi connectivity index (χ3v) is 4.50. The van der Waals surface area contributed by atoms with Crippen LogP contribution >= 0.6 is 0 Å². The molecule has 17 heavy (non-hydrogen) atoms. The summed E-state index contributed by atoms with van der Waals surface area (Å²) < 4.78 is 36.8. The minimum absolute atomic E-state index is 0.0599. The van der Waals surface area contributed by atoms with E-state index in [1.54, 1.807) is 0 Å². The predicted octanol–water partition coefficient (Wildman–Crippen LogP) is 1.60. The number of carbonyl (C=O) groups is 1. The molecule has 1 N–H and O–H groups in total. The normalized spacial score (nSPS) is 13.3. The summed E-state index contributed by atoms with van der Waals surface area (Å²) in [5.41, 5.74) is 0.0599. The first-order chi connectivity index (χ1) is 7.83. The van der Waals surface area contributed by atoms with Crippen LogP contribution in [0.1, 0.15) is 18.9 Å². The lowest BCUT2D eigenvalue weighted by Crippen LogP contribution is -2.23. The maximum absolute atomic E-state index is 13.3. The van der Waals surface area contributed by atoms with Crippen molar-refractivity contribution in [3.05, 3.63) is 35.6 Å². The topological polar surface area (TPSA) is 71.4 Å². The van der Waals surface area contributed by atoms with E-state index >= 15 is 0 Å². The summed E-state index contributed by atoms with van der Waals surface area (Å²) in [5, 5.41) is 7.50. The minimum Gasteiger partial charge on any atom is -0.481 e. The molecule has 0 aromatic heterocycles. The van der Waals surface area contributed by atoms with Crippen molar-refractivity contribution in [1.29, 1.82) is 0 Å². The highest BCUT2D eigenvalue weighted by molar-refractivity contribution is 7.91. The van der Waals surface area contributed by atoms with Crippen molar-refractivity contribution in [3.8, 4) is 0 Å². The Morgan fingerprint density at radius 3 is 2.53 bits per heavy atom. The minimum atomic E-state index is -3.65. The number of benzene rings is 1. The average molecular weight is 260 g/mol. The summed E-state index contributed by atoms with van der Waals surface area (Å²) in [6.07, 6.45) is -0.475. The number of halogens is 1. The molecule has 94 valence electrons. The van der Waals surface area contributed by atoms with Crippen LogP contribution in [-0.4, -0.2) is 24.7 Å². The smallest absolute Gasteiger partial charge is 0.304 e. The van der Waals surface area contributed by atoms with E-state index in [1.807, 2.05) is 0 Å². The van der Waals surface area contributed by atoms with Gasteiger partial charge in [-0.25, -0.2) is 12.8 Å². The van der Waals surface area contributed by atoms with Crippen molar-refractivity contribution in [3.63, 3.8) is 0 Å². The van der Waals surface area contributed by atoms with Crippen molar-refractivity contribution < 1.29 is 22.7 Å². The van der Waals surface area contributed by atoms with E-state index in [2.05, 4.69) is 0 Å². The Hall–Kier alpha value is -1.43. The van der Waals surface area contributed by atoms with Gasteiger partial charge in [0.2, 0.25) is 0 Å². The fourth-order valence-corrected chi connectivity index (χ4v) is 2.70. The zero-order chi connectivity index (χ0) is 13.1. The second-order valence-corrected chi connectivity index (χ2v) is 6.23. The van der Waals surface area contributed by atoms with Gasteiger partial charge >= 0.3 is 5.97 Å². The molecule has 4 nitrogen and oxygen atoms in total. The lowest BCUT2D eigenvalue weighted by Gasteiger charge is -2.11. The van der Waals surface area contributed by atoms with Crippen molar-refractivity contribution >= 4 is 15.8 Å². The van der Waals surface area contributed by atoms with Crippen molar-refractivity contribution in [2.45, 2.75) is 24.3 Å². The highest BCUT2D eigenvalue weighted by Gasteiger charge is 2.24. The van der Waals surface area contributed by atoms with Crippen LogP contribution in [0.2, 0.25) is 0 Å².